The molecule has 0 aromatic carbocycles. The molecule has 0 saturated carbocycles. The van der Waals surface area contributed by atoms with E-state index in [0.717, 1.165) is 12.3 Å². The van der Waals surface area contributed by atoms with Gasteiger partial charge in [0.05, 0.1) is 0 Å². The van der Waals surface area contributed by atoms with Crippen LogP contribution in [0.3, 0.4) is 0 Å². The second-order valence-electron chi connectivity index (χ2n) is 5.92. The molecule has 2 atom stereocenters. The Bertz CT molecular complexity index is 152. The number of nitrogens with two attached hydrogens (primary N) is 1. The van der Waals surface area contributed by atoms with Gasteiger partial charge in [-0.3, -0.25) is 0 Å². The molecule has 0 rings (SSSR count). The van der Waals surface area contributed by atoms with Gasteiger partial charge in [0.25, 0.3) is 0 Å². The maximum atomic E-state index is 6.28. The topological polar surface area (TPSA) is 26.0 Å². The molecule has 2 unspecified atom stereocenters. The predicted molar refractivity (Wildman–Crippen MR) is 74.7 cm³/mol. The Kier molecular flexibility index (Phi) is 9.02. The highest BCUT2D eigenvalue weighted by molar-refractivity contribution is 4.80. The summed E-state index contributed by atoms with van der Waals surface area (Å²) < 4.78 is 0. The van der Waals surface area contributed by atoms with Crippen molar-refractivity contribution in [3.63, 3.8) is 0 Å². The lowest BCUT2D eigenvalue weighted by Gasteiger charge is -2.27. The van der Waals surface area contributed by atoms with Crippen molar-refractivity contribution in [1.29, 1.82) is 0 Å². The highest BCUT2D eigenvalue weighted by Crippen LogP contribution is 2.23. The molecule has 0 bridgehead atoms. The first kappa shape index (κ1) is 16.0. The van der Waals surface area contributed by atoms with Crippen molar-refractivity contribution < 1.29 is 0 Å². The second kappa shape index (κ2) is 9.04. The summed E-state index contributed by atoms with van der Waals surface area (Å²) in [5.74, 6) is 0.795. The second-order valence-corrected chi connectivity index (χ2v) is 5.92. The Morgan fingerprint density at radius 2 is 1.62 bits per heavy atom. The number of rotatable bonds is 10. The molecule has 0 heterocycles. The van der Waals surface area contributed by atoms with Crippen LogP contribution in [0.25, 0.3) is 0 Å². The first-order chi connectivity index (χ1) is 7.52. The molecule has 0 amide bonds. The molecular formula is C15H33N. The molecule has 1 nitrogen and oxygen atoms in total. The summed E-state index contributed by atoms with van der Waals surface area (Å²) >= 11 is 0. The molecule has 0 aliphatic rings. The van der Waals surface area contributed by atoms with Crippen LogP contribution in [0, 0.1) is 5.92 Å². The standard InChI is InChI=1S/C15H33N/c1-5-7-8-9-10-11-14(3)13-15(4,16)12-6-2/h14H,5-13,16H2,1-4H3. The molecule has 2 N–H and O–H groups in total. The van der Waals surface area contributed by atoms with Crippen LogP contribution in [-0.4, -0.2) is 5.54 Å². The van der Waals surface area contributed by atoms with Gasteiger partial charge in [0.1, 0.15) is 0 Å². The van der Waals surface area contributed by atoms with Crippen LogP contribution in [0.1, 0.15) is 85.5 Å². The van der Waals surface area contributed by atoms with E-state index in [4.69, 9.17) is 5.73 Å². The minimum atomic E-state index is 0.0670. The van der Waals surface area contributed by atoms with E-state index < -0.39 is 0 Å². The Labute approximate surface area is 103 Å². The summed E-state index contributed by atoms with van der Waals surface area (Å²) in [7, 11) is 0. The third-order valence-corrected chi connectivity index (χ3v) is 3.44. The Morgan fingerprint density at radius 3 is 2.19 bits per heavy atom. The maximum Gasteiger partial charge on any atom is 0.0128 e. The van der Waals surface area contributed by atoms with Crippen LogP contribution in [-0.2, 0) is 0 Å². The summed E-state index contributed by atoms with van der Waals surface area (Å²) in [6, 6.07) is 0. The minimum absolute atomic E-state index is 0.0670. The fraction of sp³-hybridized carbons (Fsp3) is 1.00. The number of unbranched alkanes of at least 4 members (excludes halogenated alkanes) is 4. The van der Waals surface area contributed by atoms with E-state index in [2.05, 4.69) is 27.7 Å². The summed E-state index contributed by atoms with van der Waals surface area (Å²) in [6.07, 6.45) is 11.9. The van der Waals surface area contributed by atoms with Crippen molar-refractivity contribution in [2.45, 2.75) is 91.0 Å². The van der Waals surface area contributed by atoms with E-state index in [-0.39, 0.29) is 5.54 Å². The lowest BCUT2D eigenvalue weighted by Crippen LogP contribution is -2.37. The average molecular weight is 227 g/mol. The Morgan fingerprint density at radius 1 is 1.00 bits per heavy atom. The first-order valence-electron chi connectivity index (χ1n) is 7.30. The summed E-state index contributed by atoms with van der Waals surface area (Å²) in [4.78, 5) is 0. The van der Waals surface area contributed by atoms with E-state index in [9.17, 15) is 0 Å². The zero-order valence-electron chi connectivity index (χ0n) is 12.0. The lowest BCUT2D eigenvalue weighted by molar-refractivity contribution is 0.314. The van der Waals surface area contributed by atoms with Crippen LogP contribution >= 0.6 is 0 Å². The largest absolute Gasteiger partial charge is 0.325 e. The molecule has 0 aromatic rings. The van der Waals surface area contributed by atoms with E-state index >= 15 is 0 Å². The maximum absolute atomic E-state index is 6.28. The van der Waals surface area contributed by atoms with E-state index in [1.807, 2.05) is 0 Å². The van der Waals surface area contributed by atoms with Gasteiger partial charge in [-0.2, -0.15) is 0 Å². The molecule has 0 aromatic heterocycles. The van der Waals surface area contributed by atoms with Crippen molar-refractivity contribution in [3.05, 3.63) is 0 Å². The van der Waals surface area contributed by atoms with Gasteiger partial charge in [0.15, 0.2) is 0 Å². The van der Waals surface area contributed by atoms with E-state index in [0.29, 0.717) is 0 Å². The van der Waals surface area contributed by atoms with Gasteiger partial charge in [-0.1, -0.05) is 65.7 Å². The third kappa shape index (κ3) is 9.21. The van der Waals surface area contributed by atoms with Gasteiger partial charge in [0.2, 0.25) is 0 Å². The fourth-order valence-electron chi connectivity index (χ4n) is 2.67. The molecule has 1 heteroatoms. The van der Waals surface area contributed by atoms with E-state index in [1.165, 1.54) is 51.4 Å². The van der Waals surface area contributed by atoms with Crippen LogP contribution in [0.2, 0.25) is 0 Å². The van der Waals surface area contributed by atoms with Gasteiger partial charge < -0.3 is 5.73 Å². The zero-order valence-corrected chi connectivity index (χ0v) is 12.0. The number of hydrogen-bond acceptors (Lipinski definition) is 1. The number of hydrogen-bond donors (Lipinski definition) is 1. The van der Waals surface area contributed by atoms with Crippen LogP contribution in [0.4, 0.5) is 0 Å². The molecule has 0 spiro atoms. The minimum Gasteiger partial charge on any atom is -0.325 e. The van der Waals surface area contributed by atoms with Crippen molar-refractivity contribution >= 4 is 0 Å². The van der Waals surface area contributed by atoms with Crippen LogP contribution < -0.4 is 5.73 Å². The fourth-order valence-corrected chi connectivity index (χ4v) is 2.67. The summed E-state index contributed by atoms with van der Waals surface area (Å²) in [6.45, 7) is 9.07. The molecule has 0 radical (unpaired) electrons. The van der Waals surface area contributed by atoms with Crippen molar-refractivity contribution in [2.24, 2.45) is 11.7 Å². The van der Waals surface area contributed by atoms with Crippen molar-refractivity contribution in [2.75, 3.05) is 0 Å². The van der Waals surface area contributed by atoms with Gasteiger partial charge in [-0.05, 0) is 25.7 Å². The summed E-state index contributed by atoms with van der Waals surface area (Å²) in [5, 5.41) is 0. The lowest BCUT2D eigenvalue weighted by atomic mass is 9.85. The Hall–Kier alpha value is -0.0400. The average Bonchev–Trinajstić information content (AvgIpc) is 2.16. The predicted octanol–water partition coefficient (Wildman–Crippen LogP) is 4.89. The summed E-state index contributed by atoms with van der Waals surface area (Å²) in [5.41, 5.74) is 6.35. The Balaban J connectivity index is 3.53. The first-order valence-corrected chi connectivity index (χ1v) is 7.30. The van der Waals surface area contributed by atoms with Crippen LogP contribution in [0.15, 0.2) is 0 Å². The SMILES string of the molecule is CCCCCCCC(C)CC(C)(N)CCC. The van der Waals surface area contributed by atoms with Gasteiger partial charge in [-0.25, -0.2) is 0 Å². The van der Waals surface area contributed by atoms with Crippen LogP contribution in [0.5, 0.6) is 0 Å². The van der Waals surface area contributed by atoms with Crippen molar-refractivity contribution in [3.8, 4) is 0 Å². The molecule has 0 fully saturated rings. The highest BCUT2D eigenvalue weighted by atomic mass is 14.7. The van der Waals surface area contributed by atoms with E-state index in [1.54, 1.807) is 0 Å². The smallest absolute Gasteiger partial charge is 0.0128 e. The van der Waals surface area contributed by atoms with Crippen molar-refractivity contribution in [1.82, 2.24) is 0 Å². The monoisotopic (exact) mass is 227 g/mol. The third-order valence-electron chi connectivity index (χ3n) is 3.44. The molecule has 0 aliphatic heterocycles. The normalized spacial score (nSPS) is 17.1. The zero-order chi connectivity index (χ0) is 12.4. The highest BCUT2D eigenvalue weighted by Gasteiger charge is 2.20. The molecule has 98 valence electrons. The van der Waals surface area contributed by atoms with Gasteiger partial charge in [-0.15, -0.1) is 0 Å². The molecular weight excluding hydrogens is 194 g/mol. The van der Waals surface area contributed by atoms with Gasteiger partial charge in [0, 0.05) is 5.54 Å². The molecule has 0 aliphatic carbocycles. The quantitative estimate of drug-likeness (QED) is 0.528. The van der Waals surface area contributed by atoms with Gasteiger partial charge >= 0.3 is 0 Å². The molecule has 16 heavy (non-hydrogen) atoms. The molecule has 0 saturated heterocycles.